The molecule has 33 heavy (non-hydrogen) atoms. The van der Waals surface area contributed by atoms with Gasteiger partial charge in [-0.2, -0.15) is 4.31 Å². The second-order valence-electron chi connectivity index (χ2n) is 8.61. The second kappa shape index (κ2) is 9.15. The maximum atomic E-state index is 13.5. The number of ether oxygens (including phenoxy) is 1. The number of anilines is 2. The number of benzene rings is 2. The van der Waals surface area contributed by atoms with Crippen LogP contribution < -0.4 is 15.4 Å². The lowest BCUT2D eigenvalue weighted by Crippen LogP contribution is -2.44. The Hall–Kier alpha value is -2.91. The number of hydrogen-bond donors (Lipinski definition) is 2. The highest BCUT2D eigenvalue weighted by Crippen LogP contribution is 2.36. The molecule has 0 spiro atoms. The van der Waals surface area contributed by atoms with Crippen LogP contribution in [0.5, 0.6) is 5.75 Å². The van der Waals surface area contributed by atoms with Gasteiger partial charge < -0.3 is 15.4 Å². The van der Waals surface area contributed by atoms with E-state index in [0.29, 0.717) is 42.1 Å². The summed E-state index contributed by atoms with van der Waals surface area (Å²) in [5.41, 5.74) is 2.85. The Balaban J connectivity index is 1.52. The van der Waals surface area contributed by atoms with Crippen molar-refractivity contribution in [2.75, 3.05) is 23.7 Å². The summed E-state index contributed by atoms with van der Waals surface area (Å²) in [6.07, 6.45) is 1.44. The van der Waals surface area contributed by atoms with Gasteiger partial charge in [-0.15, -0.1) is 0 Å². The fourth-order valence-corrected chi connectivity index (χ4v) is 5.95. The molecule has 2 aromatic carbocycles. The number of nitrogens with one attached hydrogen (secondary N) is 2. The Bertz CT molecular complexity index is 1180. The van der Waals surface area contributed by atoms with Crippen LogP contribution in [0.1, 0.15) is 37.8 Å². The van der Waals surface area contributed by atoms with E-state index in [-0.39, 0.29) is 23.3 Å². The molecule has 4 rings (SSSR count). The molecule has 2 aliphatic heterocycles. The third-order valence-electron chi connectivity index (χ3n) is 6.21. The monoisotopic (exact) mass is 471 g/mol. The summed E-state index contributed by atoms with van der Waals surface area (Å²) in [5.74, 6) is -0.561. The van der Waals surface area contributed by atoms with Gasteiger partial charge in [0.1, 0.15) is 5.75 Å². The van der Waals surface area contributed by atoms with Gasteiger partial charge in [-0.05, 0) is 62.4 Å². The minimum atomic E-state index is -3.84. The average molecular weight is 472 g/mol. The van der Waals surface area contributed by atoms with Crippen molar-refractivity contribution >= 4 is 33.2 Å². The number of rotatable bonds is 5. The van der Waals surface area contributed by atoms with E-state index in [9.17, 15) is 18.0 Å². The molecule has 0 aromatic heterocycles. The summed E-state index contributed by atoms with van der Waals surface area (Å²) in [7, 11) is -3.84. The molecular formula is C24H29N3O5S. The summed E-state index contributed by atoms with van der Waals surface area (Å²) in [6.45, 7) is 5.83. The van der Waals surface area contributed by atoms with E-state index in [1.807, 2.05) is 24.3 Å². The van der Waals surface area contributed by atoms with Crippen LogP contribution in [0.3, 0.4) is 0 Å². The minimum absolute atomic E-state index is 0.117. The van der Waals surface area contributed by atoms with Gasteiger partial charge in [0.15, 0.2) is 6.10 Å². The lowest BCUT2D eigenvalue weighted by atomic mass is 9.98. The number of fused-ring (bicyclic) bond motifs is 1. The van der Waals surface area contributed by atoms with Crippen molar-refractivity contribution in [3.8, 4) is 5.75 Å². The van der Waals surface area contributed by atoms with E-state index in [0.717, 1.165) is 6.42 Å². The molecule has 0 radical (unpaired) electrons. The van der Waals surface area contributed by atoms with E-state index in [2.05, 4.69) is 17.6 Å². The SMILES string of the molecule is CCc1ccc(NC(=O)C2CCCN(S(=O)(=O)c3cc4c(cc3C)NC(=O)C(C)O4)C2)cc1. The number of carbonyl (C=O) groups is 2. The van der Waals surface area contributed by atoms with Crippen LogP contribution in [0.25, 0.3) is 0 Å². The first-order valence-corrected chi connectivity index (χ1v) is 12.6. The van der Waals surface area contributed by atoms with E-state index >= 15 is 0 Å². The average Bonchev–Trinajstić information content (AvgIpc) is 2.80. The maximum absolute atomic E-state index is 13.5. The predicted molar refractivity (Wildman–Crippen MR) is 126 cm³/mol. The smallest absolute Gasteiger partial charge is 0.265 e. The molecule has 8 nitrogen and oxygen atoms in total. The van der Waals surface area contributed by atoms with Gasteiger partial charge in [-0.3, -0.25) is 9.59 Å². The van der Waals surface area contributed by atoms with Gasteiger partial charge in [0.05, 0.1) is 16.5 Å². The zero-order chi connectivity index (χ0) is 23.8. The molecule has 2 amide bonds. The normalized spacial score (nSPS) is 21.0. The molecule has 0 aliphatic carbocycles. The Morgan fingerprint density at radius 3 is 2.67 bits per heavy atom. The summed E-state index contributed by atoms with van der Waals surface area (Å²) < 4.78 is 34.0. The third kappa shape index (κ3) is 4.74. The third-order valence-corrected chi connectivity index (χ3v) is 8.22. The van der Waals surface area contributed by atoms with E-state index in [4.69, 9.17) is 4.74 Å². The number of sulfonamides is 1. The van der Waals surface area contributed by atoms with Crippen LogP contribution in [0.4, 0.5) is 11.4 Å². The van der Waals surface area contributed by atoms with E-state index in [1.165, 1.54) is 15.9 Å². The molecule has 2 aromatic rings. The number of amides is 2. The maximum Gasteiger partial charge on any atom is 0.265 e. The number of carbonyl (C=O) groups excluding carboxylic acids is 2. The van der Waals surface area contributed by atoms with Crippen LogP contribution in [-0.2, 0) is 26.0 Å². The van der Waals surface area contributed by atoms with Gasteiger partial charge in [-0.25, -0.2) is 8.42 Å². The lowest BCUT2D eigenvalue weighted by Gasteiger charge is -2.32. The molecule has 176 valence electrons. The summed E-state index contributed by atoms with van der Waals surface area (Å²) in [4.78, 5) is 24.8. The molecule has 0 saturated carbocycles. The van der Waals surface area contributed by atoms with E-state index < -0.39 is 22.0 Å². The second-order valence-corrected chi connectivity index (χ2v) is 10.5. The van der Waals surface area contributed by atoms with E-state index in [1.54, 1.807) is 19.9 Å². The first-order chi connectivity index (χ1) is 15.7. The topological polar surface area (TPSA) is 105 Å². The van der Waals surface area contributed by atoms with Crippen LogP contribution in [0.2, 0.25) is 0 Å². The Morgan fingerprint density at radius 2 is 1.97 bits per heavy atom. The summed E-state index contributed by atoms with van der Waals surface area (Å²) in [5, 5.41) is 5.65. The van der Waals surface area contributed by atoms with Gasteiger partial charge in [-0.1, -0.05) is 19.1 Å². The zero-order valence-corrected chi connectivity index (χ0v) is 19.9. The van der Waals surface area contributed by atoms with Crippen molar-refractivity contribution in [2.45, 2.75) is 51.0 Å². The molecule has 2 aliphatic rings. The van der Waals surface area contributed by atoms with Gasteiger partial charge >= 0.3 is 0 Å². The van der Waals surface area contributed by atoms with Gasteiger partial charge in [0.2, 0.25) is 15.9 Å². The highest BCUT2D eigenvalue weighted by Gasteiger charge is 2.35. The molecule has 2 unspecified atom stereocenters. The molecule has 2 heterocycles. The lowest BCUT2D eigenvalue weighted by molar-refractivity contribution is -0.123. The number of piperidine rings is 1. The van der Waals surface area contributed by atoms with Crippen LogP contribution >= 0.6 is 0 Å². The standard InChI is InChI=1S/C24H29N3O5S/c1-4-17-7-9-19(10-8-17)25-24(29)18-6-5-11-27(14-18)33(30,31)22-13-21-20(12-15(22)2)26-23(28)16(3)32-21/h7-10,12-13,16,18H,4-6,11,14H2,1-3H3,(H,25,29)(H,26,28). The molecular weight excluding hydrogens is 442 g/mol. The van der Waals surface area contributed by atoms with Crippen molar-refractivity contribution in [3.05, 3.63) is 47.5 Å². The van der Waals surface area contributed by atoms with Gasteiger partial charge in [0, 0.05) is 24.8 Å². The Kier molecular flexibility index (Phi) is 6.45. The number of hydrogen-bond acceptors (Lipinski definition) is 5. The fourth-order valence-electron chi connectivity index (χ4n) is 4.20. The molecule has 9 heteroatoms. The van der Waals surface area contributed by atoms with Crippen LogP contribution in [0, 0.1) is 12.8 Å². The molecule has 1 fully saturated rings. The highest BCUT2D eigenvalue weighted by molar-refractivity contribution is 7.89. The van der Waals surface area contributed by atoms with Crippen molar-refractivity contribution in [1.82, 2.24) is 4.31 Å². The Morgan fingerprint density at radius 1 is 1.24 bits per heavy atom. The van der Waals surface area contributed by atoms with Crippen LogP contribution in [0.15, 0.2) is 41.3 Å². The number of nitrogens with zero attached hydrogens (tertiary/aromatic N) is 1. The van der Waals surface area contributed by atoms with Crippen molar-refractivity contribution in [2.24, 2.45) is 5.92 Å². The minimum Gasteiger partial charge on any atom is -0.479 e. The van der Waals surface area contributed by atoms with Crippen molar-refractivity contribution in [3.63, 3.8) is 0 Å². The molecule has 0 bridgehead atoms. The van der Waals surface area contributed by atoms with Crippen molar-refractivity contribution < 1.29 is 22.7 Å². The summed E-state index contributed by atoms with van der Waals surface area (Å²) >= 11 is 0. The predicted octanol–water partition coefficient (Wildman–Crippen LogP) is 3.32. The zero-order valence-electron chi connectivity index (χ0n) is 19.1. The quantitative estimate of drug-likeness (QED) is 0.696. The Labute approximate surface area is 194 Å². The highest BCUT2D eigenvalue weighted by atomic mass is 32.2. The van der Waals surface area contributed by atoms with Crippen molar-refractivity contribution in [1.29, 1.82) is 0 Å². The first-order valence-electron chi connectivity index (χ1n) is 11.2. The number of aryl methyl sites for hydroxylation is 2. The van der Waals surface area contributed by atoms with Gasteiger partial charge in [0.25, 0.3) is 5.91 Å². The van der Waals surface area contributed by atoms with Crippen LogP contribution in [-0.4, -0.2) is 43.7 Å². The summed E-state index contributed by atoms with van der Waals surface area (Å²) in [6, 6.07) is 10.7. The fraction of sp³-hybridized carbons (Fsp3) is 0.417. The first kappa shape index (κ1) is 23.3. The molecule has 2 N–H and O–H groups in total. The molecule has 1 saturated heterocycles. The largest absolute Gasteiger partial charge is 0.479 e. The molecule has 2 atom stereocenters.